The fourth-order valence-corrected chi connectivity index (χ4v) is 6.37. The van der Waals surface area contributed by atoms with Crippen LogP contribution in [0.5, 0.6) is 0 Å². The highest BCUT2D eigenvalue weighted by Gasteiger charge is 2.41. The highest BCUT2D eigenvalue weighted by atomic mass is 32.2. The van der Waals surface area contributed by atoms with E-state index in [2.05, 4.69) is 33.5 Å². The third-order valence-electron chi connectivity index (χ3n) is 6.49. The van der Waals surface area contributed by atoms with Crippen LogP contribution >= 0.6 is 23.1 Å². The molecule has 1 aliphatic heterocycles. The SMILES string of the molecule is CCc1ccc(NC(=O)CSc2nnc(N3C(N)=C(C#N)C(c4cccnc4)C4=C3CCCC4=O)s2)cc1. The van der Waals surface area contributed by atoms with Crippen molar-refractivity contribution in [3.05, 3.63) is 82.6 Å². The van der Waals surface area contributed by atoms with Gasteiger partial charge in [0.05, 0.1) is 23.3 Å². The van der Waals surface area contributed by atoms with Crippen LogP contribution < -0.4 is 16.0 Å². The number of benzene rings is 1. The molecule has 2 aromatic heterocycles. The molecule has 1 aliphatic carbocycles. The summed E-state index contributed by atoms with van der Waals surface area (Å²) in [6.45, 7) is 2.08. The maximum absolute atomic E-state index is 13.2. The summed E-state index contributed by atoms with van der Waals surface area (Å²) >= 11 is 2.54. The van der Waals surface area contributed by atoms with Gasteiger partial charge in [0.2, 0.25) is 11.0 Å². The summed E-state index contributed by atoms with van der Waals surface area (Å²) in [7, 11) is 0. The van der Waals surface area contributed by atoms with E-state index in [1.807, 2.05) is 30.3 Å². The van der Waals surface area contributed by atoms with Crippen LogP contribution in [0, 0.1) is 11.3 Å². The fourth-order valence-electron chi connectivity index (χ4n) is 4.68. The first kappa shape index (κ1) is 25.6. The van der Waals surface area contributed by atoms with Gasteiger partial charge in [0.1, 0.15) is 5.82 Å². The van der Waals surface area contributed by atoms with Gasteiger partial charge in [0.15, 0.2) is 10.1 Å². The lowest BCUT2D eigenvalue weighted by atomic mass is 9.76. The molecular formula is C27H25N7O2S2. The van der Waals surface area contributed by atoms with Crippen LogP contribution in [0.1, 0.15) is 43.2 Å². The molecule has 3 heterocycles. The lowest BCUT2D eigenvalue weighted by molar-refractivity contribution is -0.116. The Bertz CT molecular complexity index is 1470. The zero-order chi connectivity index (χ0) is 26.6. The molecule has 2 aliphatic rings. The predicted molar refractivity (Wildman–Crippen MR) is 147 cm³/mol. The number of thioether (sulfide) groups is 1. The Morgan fingerprint density at radius 3 is 2.79 bits per heavy atom. The van der Waals surface area contributed by atoms with Crippen LogP contribution in [0.2, 0.25) is 0 Å². The van der Waals surface area contributed by atoms with E-state index in [4.69, 9.17) is 5.73 Å². The van der Waals surface area contributed by atoms with Crippen LogP contribution in [-0.2, 0) is 16.0 Å². The predicted octanol–water partition coefficient (Wildman–Crippen LogP) is 4.53. The largest absolute Gasteiger partial charge is 0.384 e. The number of aromatic nitrogens is 3. The number of hydrogen-bond acceptors (Lipinski definition) is 10. The third kappa shape index (κ3) is 5.05. The Morgan fingerprint density at radius 1 is 1.26 bits per heavy atom. The normalized spacial score (nSPS) is 17.3. The van der Waals surface area contributed by atoms with Crippen LogP contribution in [-0.4, -0.2) is 32.6 Å². The zero-order valence-corrected chi connectivity index (χ0v) is 22.3. The molecule has 0 bridgehead atoms. The number of amides is 1. The number of ketones is 1. The van der Waals surface area contributed by atoms with Gasteiger partial charge in [-0.15, -0.1) is 10.2 Å². The number of Topliss-reactive ketones (excluding diaryl/α,β-unsaturated/α-hetero) is 1. The summed E-state index contributed by atoms with van der Waals surface area (Å²) in [5, 5.41) is 22.0. The second-order valence-electron chi connectivity index (χ2n) is 8.84. The Balaban J connectivity index is 1.38. The van der Waals surface area contributed by atoms with Gasteiger partial charge >= 0.3 is 0 Å². The minimum absolute atomic E-state index is 0.00638. The number of nitrogens with zero attached hydrogens (tertiary/aromatic N) is 5. The van der Waals surface area contributed by atoms with Gasteiger partial charge in [-0.05, 0) is 48.6 Å². The standard InChI is InChI=1S/C27H25N7O2S2/c1-2-16-8-10-18(11-9-16)31-22(36)15-37-27-33-32-26(38-27)34-20-6-3-7-21(35)24(20)23(19(13-28)25(34)29)17-5-4-12-30-14-17/h4-5,8-12,14,23H,2-3,6-7,15,29H2,1H3,(H,31,36). The number of nitriles is 1. The van der Waals surface area contributed by atoms with Gasteiger partial charge in [-0.1, -0.05) is 48.2 Å². The van der Waals surface area contributed by atoms with E-state index in [0.717, 1.165) is 23.4 Å². The average molecular weight is 544 g/mol. The quantitative estimate of drug-likeness (QED) is 0.412. The molecular weight excluding hydrogens is 518 g/mol. The Morgan fingerprint density at radius 2 is 2.08 bits per heavy atom. The van der Waals surface area contributed by atoms with Gasteiger partial charge in [0, 0.05) is 35.8 Å². The highest BCUT2D eigenvalue weighted by Crippen LogP contribution is 2.46. The molecule has 38 heavy (non-hydrogen) atoms. The van der Waals surface area contributed by atoms with Gasteiger partial charge in [-0.2, -0.15) is 5.26 Å². The first-order valence-electron chi connectivity index (χ1n) is 12.2. The minimum Gasteiger partial charge on any atom is -0.384 e. The van der Waals surface area contributed by atoms with Crippen molar-refractivity contribution in [1.29, 1.82) is 5.26 Å². The van der Waals surface area contributed by atoms with Gasteiger partial charge in [0.25, 0.3) is 0 Å². The first-order valence-corrected chi connectivity index (χ1v) is 14.0. The number of aryl methyl sites for hydroxylation is 1. The number of nitrogens with two attached hydrogens (primary N) is 1. The summed E-state index contributed by atoms with van der Waals surface area (Å²) in [4.78, 5) is 31.5. The fraction of sp³-hybridized carbons (Fsp3) is 0.259. The Hall–Kier alpha value is -4.01. The van der Waals surface area contributed by atoms with Crippen molar-refractivity contribution < 1.29 is 9.59 Å². The molecule has 0 fully saturated rings. The molecule has 1 unspecified atom stereocenters. The molecule has 1 amide bonds. The second kappa shape index (κ2) is 11.2. The summed E-state index contributed by atoms with van der Waals surface area (Å²) in [6.07, 6.45) is 5.97. The molecule has 0 radical (unpaired) electrons. The van der Waals surface area contributed by atoms with Crippen molar-refractivity contribution in [1.82, 2.24) is 15.2 Å². The zero-order valence-electron chi connectivity index (χ0n) is 20.7. The van der Waals surface area contributed by atoms with E-state index in [1.165, 1.54) is 28.7 Å². The number of anilines is 2. The number of pyridine rings is 1. The molecule has 11 heteroatoms. The van der Waals surface area contributed by atoms with Crippen molar-refractivity contribution in [2.75, 3.05) is 16.0 Å². The average Bonchev–Trinajstić information content (AvgIpc) is 3.41. The van der Waals surface area contributed by atoms with E-state index in [-0.39, 0.29) is 28.8 Å². The monoisotopic (exact) mass is 543 g/mol. The van der Waals surface area contributed by atoms with Crippen LogP contribution in [0.25, 0.3) is 0 Å². The molecule has 3 aromatic rings. The van der Waals surface area contributed by atoms with Crippen LogP contribution in [0.4, 0.5) is 10.8 Å². The molecule has 0 spiro atoms. The van der Waals surface area contributed by atoms with Crippen LogP contribution in [0.3, 0.4) is 0 Å². The summed E-state index contributed by atoms with van der Waals surface area (Å²) < 4.78 is 0.585. The van der Waals surface area contributed by atoms with E-state index in [0.29, 0.717) is 34.3 Å². The highest BCUT2D eigenvalue weighted by molar-refractivity contribution is 8.01. The molecule has 5 rings (SSSR count). The number of carbonyl (C=O) groups excluding carboxylic acids is 2. The van der Waals surface area contributed by atoms with E-state index in [1.54, 1.807) is 23.4 Å². The minimum atomic E-state index is -0.565. The Kier molecular flexibility index (Phi) is 7.53. The topological polar surface area (TPSA) is 138 Å². The lowest BCUT2D eigenvalue weighted by Crippen LogP contribution is -2.38. The van der Waals surface area contributed by atoms with Gasteiger partial charge in [-0.25, -0.2) is 0 Å². The molecule has 192 valence electrons. The van der Waals surface area contributed by atoms with Crippen molar-refractivity contribution in [2.45, 2.75) is 42.9 Å². The van der Waals surface area contributed by atoms with E-state index >= 15 is 0 Å². The van der Waals surface area contributed by atoms with Gasteiger partial charge in [-0.3, -0.25) is 19.5 Å². The number of carbonyl (C=O) groups is 2. The molecule has 0 saturated heterocycles. The first-order chi connectivity index (χ1) is 18.5. The van der Waals surface area contributed by atoms with Crippen LogP contribution in [0.15, 0.2) is 75.8 Å². The van der Waals surface area contributed by atoms with Gasteiger partial charge < -0.3 is 11.1 Å². The smallest absolute Gasteiger partial charge is 0.234 e. The van der Waals surface area contributed by atoms with E-state index in [9.17, 15) is 14.9 Å². The molecule has 9 nitrogen and oxygen atoms in total. The maximum Gasteiger partial charge on any atom is 0.234 e. The van der Waals surface area contributed by atoms with Crippen molar-refractivity contribution in [2.24, 2.45) is 5.73 Å². The lowest BCUT2D eigenvalue weighted by Gasteiger charge is -2.37. The van der Waals surface area contributed by atoms with Crippen molar-refractivity contribution in [3.8, 4) is 6.07 Å². The molecule has 1 aromatic carbocycles. The summed E-state index contributed by atoms with van der Waals surface area (Å²) in [5.74, 6) is -0.329. The molecule has 0 saturated carbocycles. The van der Waals surface area contributed by atoms with Crippen molar-refractivity contribution in [3.63, 3.8) is 0 Å². The van der Waals surface area contributed by atoms with Crippen molar-refractivity contribution >= 4 is 45.6 Å². The summed E-state index contributed by atoms with van der Waals surface area (Å²) in [6, 6.07) is 13.6. The number of nitrogens with one attached hydrogen (secondary N) is 1. The second-order valence-corrected chi connectivity index (χ2v) is 11.0. The third-order valence-corrected chi connectivity index (χ3v) is 8.53. The molecule has 3 N–H and O–H groups in total. The number of rotatable bonds is 7. The number of allylic oxidation sites excluding steroid dienone is 3. The maximum atomic E-state index is 13.2. The Labute approximate surface area is 228 Å². The number of hydrogen-bond donors (Lipinski definition) is 2. The van der Waals surface area contributed by atoms with E-state index < -0.39 is 5.92 Å². The summed E-state index contributed by atoms with van der Waals surface area (Å²) in [5.41, 5.74) is 10.8. The molecule has 1 atom stereocenters.